The zero-order valence-electron chi connectivity index (χ0n) is 12.4. The predicted octanol–water partition coefficient (Wildman–Crippen LogP) is 1.47. The van der Waals surface area contributed by atoms with Crippen molar-refractivity contribution in [3.63, 3.8) is 0 Å². The third-order valence-electron chi connectivity index (χ3n) is 3.89. The minimum absolute atomic E-state index is 0.133. The molecule has 2 amide bonds. The number of halogens is 1. The van der Waals surface area contributed by atoms with Crippen molar-refractivity contribution >= 4 is 23.4 Å². The summed E-state index contributed by atoms with van der Waals surface area (Å²) in [6.45, 7) is 5.58. The monoisotopic (exact) mass is 309 g/mol. The molecule has 2 unspecified atom stereocenters. The van der Waals surface area contributed by atoms with Gasteiger partial charge in [0.05, 0.1) is 18.1 Å². The number of piperazine rings is 1. The lowest BCUT2D eigenvalue weighted by Crippen LogP contribution is -2.66. The average Bonchev–Trinajstić information content (AvgIpc) is 2.38. The molecule has 5 nitrogen and oxygen atoms in total. The summed E-state index contributed by atoms with van der Waals surface area (Å²) in [4.78, 5) is 25.7. The number of imide groups is 1. The molecule has 0 aromatic heterocycles. The zero-order chi connectivity index (χ0) is 15.8. The fourth-order valence-corrected chi connectivity index (χ4v) is 2.80. The molecule has 2 atom stereocenters. The highest BCUT2D eigenvalue weighted by Gasteiger charge is 2.45. The van der Waals surface area contributed by atoms with Gasteiger partial charge in [0, 0.05) is 11.1 Å². The Morgan fingerprint density at radius 3 is 2.38 bits per heavy atom. The Morgan fingerprint density at radius 1 is 1.29 bits per heavy atom. The van der Waals surface area contributed by atoms with Gasteiger partial charge >= 0.3 is 0 Å². The summed E-state index contributed by atoms with van der Waals surface area (Å²) in [6.07, 6.45) is 0. The van der Waals surface area contributed by atoms with Crippen molar-refractivity contribution in [2.75, 3.05) is 6.54 Å². The van der Waals surface area contributed by atoms with Crippen LogP contribution in [0.25, 0.3) is 0 Å². The molecule has 6 heteroatoms. The van der Waals surface area contributed by atoms with Gasteiger partial charge in [-0.15, -0.1) is 0 Å². The maximum absolute atomic E-state index is 12.1. The molecule has 3 N–H and O–H groups in total. The molecule has 1 saturated heterocycles. The minimum atomic E-state index is -0.814. The fourth-order valence-electron chi connectivity index (χ4n) is 2.68. The molecular weight excluding hydrogens is 290 g/mol. The summed E-state index contributed by atoms with van der Waals surface area (Å²) >= 11 is 5.92. The highest BCUT2D eigenvalue weighted by atomic mass is 35.5. The Kier molecular flexibility index (Phi) is 4.37. The van der Waals surface area contributed by atoms with Gasteiger partial charge in [0.1, 0.15) is 0 Å². The first-order chi connectivity index (χ1) is 9.73. The Labute approximate surface area is 129 Å². The average molecular weight is 310 g/mol. The van der Waals surface area contributed by atoms with Gasteiger partial charge in [0.15, 0.2) is 0 Å². The molecule has 0 saturated carbocycles. The van der Waals surface area contributed by atoms with Crippen molar-refractivity contribution in [2.24, 2.45) is 5.73 Å². The van der Waals surface area contributed by atoms with Crippen LogP contribution in [0.5, 0.6) is 0 Å². The summed E-state index contributed by atoms with van der Waals surface area (Å²) in [5.41, 5.74) is 6.25. The number of carbonyl (C=O) groups is 2. The summed E-state index contributed by atoms with van der Waals surface area (Å²) in [5, 5.41) is 3.01. The van der Waals surface area contributed by atoms with Crippen LogP contribution in [0.3, 0.4) is 0 Å². The van der Waals surface area contributed by atoms with Gasteiger partial charge in [-0.1, -0.05) is 23.7 Å². The maximum Gasteiger partial charge on any atom is 0.246 e. The topological polar surface area (TPSA) is 75.4 Å². The maximum atomic E-state index is 12.1. The van der Waals surface area contributed by atoms with E-state index in [2.05, 4.69) is 5.32 Å². The second kappa shape index (κ2) is 5.75. The van der Waals surface area contributed by atoms with Crippen LogP contribution in [0, 0.1) is 0 Å². The highest BCUT2D eigenvalue weighted by molar-refractivity contribution is 6.30. The van der Waals surface area contributed by atoms with Gasteiger partial charge < -0.3 is 5.73 Å². The second-order valence-corrected chi connectivity index (χ2v) is 6.36. The van der Waals surface area contributed by atoms with Crippen LogP contribution in [-0.4, -0.2) is 34.8 Å². The summed E-state index contributed by atoms with van der Waals surface area (Å²) in [5.74, 6) is -0.614. The van der Waals surface area contributed by atoms with Crippen LogP contribution in [0.15, 0.2) is 24.3 Å². The van der Waals surface area contributed by atoms with E-state index in [1.54, 1.807) is 26.0 Å². The molecule has 2 rings (SSSR count). The molecule has 1 aliphatic heterocycles. The van der Waals surface area contributed by atoms with E-state index in [0.29, 0.717) is 5.02 Å². The van der Waals surface area contributed by atoms with E-state index in [1.807, 2.05) is 24.0 Å². The third kappa shape index (κ3) is 3.10. The predicted molar refractivity (Wildman–Crippen MR) is 81.8 cm³/mol. The number of amides is 2. The minimum Gasteiger partial charge on any atom is -0.326 e. The van der Waals surface area contributed by atoms with Crippen LogP contribution in [0.1, 0.15) is 32.4 Å². The van der Waals surface area contributed by atoms with E-state index in [-0.39, 0.29) is 30.4 Å². The van der Waals surface area contributed by atoms with Gasteiger partial charge in [0.25, 0.3) is 0 Å². The van der Waals surface area contributed by atoms with Crippen LogP contribution >= 0.6 is 11.6 Å². The van der Waals surface area contributed by atoms with E-state index >= 15 is 0 Å². The number of hydrogen-bond acceptors (Lipinski definition) is 4. The van der Waals surface area contributed by atoms with Gasteiger partial charge in [0.2, 0.25) is 11.8 Å². The normalized spacial score (nSPS) is 21.8. The SMILES string of the molecule is CC(N)C(c1ccc(Cl)cc1)N1CC(=O)NC(=O)C1(C)C. The lowest BCUT2D eigenvalue weighted by molar-refractivity contribution is -0.147. The summed E-state index contributed by atoms with van der Waals surface area (Å²) in [6, 6.07) is 6.83. The summed E-state index contributed by atoms with van der Waals surface area (Å²) in [7, 11) is 0. The lowest BCUT2D eigenvalue weighted by atomic mass is 9.90. The van der Waals surface area contributed by atoms with Crippen LogP contribution in [0.2, 0.25) is 5.02 Å². The molecule has 1 aliphatic rings. The molecule has 114 valence electrons. The molecule has 0 spiro atoms. The van der Waals surface area contributed by atoms with E-state index in [0.717, 1.165) is 5.56 Å². The van der Waals surface area contributed by atoms with Gasteiger partial charge in [-0.25, -0.2) is 0 Å². The van der Waals surface area contributed by atoms with E-state index < -0.39 is 5.54 Å². The fraction of sp³-hybridized carbons (Fsp3) is 0.467. The van der Waals surface area contributed by atoms with Crippen molar-refractivity contribution in [3.05, 3.63) is 34.9 Å². The van der Waals surface area contributed by atoms with E-state index in [4.69, 9.17) is 17.3 Å². The smallest absolute Gasteiger partial charge is 0.246 e. The van der Waals surface area contributed by atoms with Crippen molar-refractivity contribution in [2.45, 2.75) is 38.4 Å². The molecule has 1 heterocycles. The van der Waals surface area contributed by atoms with Gasteiger partial charge in [-0.05, 0) is 38.5 Å². The number of hydrogen-bond donors (Lipinski definition) is 2. The summed E-state index contributed by atoms with van der Waals surface area (Å²) < 4.78 is 0. The first-order valence-electron chi connectivity index (χ1n) is 6.85. The van der Waals surface area contributed by atoms with Crippen LogP contribution in [-0.2, 0) is 9.59 Å². The lowest BCUT2D eigenvalue weighted by Gasteiger charge is -2.46. The Morgan fingerprint density at radius 2 is 1.86 bits per heavy atom. The molecule has 0 aliphatic carbocycles. The molecule has 1 aromatic rings. The Bertz CT molecular complexity index is 555. The van der Waals surface area contributed by atoms with Crippen LogP contribution < -0.4 is 11.1 Å². The van der Waals surface area contributed by atoms with E-state index in [9.17, 15) is 9.59 Å². The van der Waals surface area contributed by atoms with Crippen molar-refractivity contribution < 1.29 is 9.59 Å². The first-order valence-corrected chi connectivity index (χ1v) is 7.23. The number of nitrogens with zero attached hydrogens (tertiary/aromatic N) is 1. The Hall–Kier alpha value is -1.43. The zero-order valence-corrected chi connectivity index (χ0v) is 13.1. The molecule has 0 bridgehead atoms. The number of carbonyl (C=O) groups excluding carboxylic acids is 2. The van der Waals surface area contributed by atoms with Crippen LogP contribution in [0.4, 0.5) is 0 Å². The largest absolute Gasteiger partial charge is 0.326 e. The third-order valence-corrected chi connectivity index (χ3v) is 4.14. The van der Waals surface area contributed by atoms with Gasteiger partial charge in [-0.3, -0.25) is 19.8 Å². The highest BCUT2D eigenvalue weighted by Crippen LogP contribution is 2.32. The number of nitrogens with two attached hydrogens (primary N) is 1. The number of rotatable bonds is 3. The molecule has 0 radical (unpaired) electrons. The molecule has 1 aromatic carbocycles. The molecular formula is C15H20ClN3O2. The molecule has 21 heavy (non-hydrogen) atoms. The van der Waals surface area contributed by atoms with Crippen molar-refractivity contribution in [1.29, 1.82) is 0 Å². The van der Waals surface area contributed by atoms with E-state index in [1.165, 1.54) is 0 Å². The molecule has 1 fully saturated rings. The quantitative estimate of drug-likeness (QED) is 0.829. The standard InChI is InChI=1S/C15H20ClN3O2/c1-9(17)13(10-4-6-11(16)7-5-10)19-8-12(20)18-14(21)15(19,2)3/h4-7,9,13H,8,17H2,1-3H3,(H,18,20,21). The first kappa shape index (κ1) is 15.9. The number of benzene rings is 1. The van der Waals surface area contributed by atoms with Gasteiger partial charge in [-0.2, -0.15) is 0 Å². The second-order valence-electron chi connectivity index (χ2n) is 5.92. The Balaban J connectivity index is 2.43. The van der Waals surface area contributed by atoms with Crippen molar-refractivity contribution in [3.8, 4) is 0 Å². The van der Waals surface area contributed by atoms with Crippen molar-refractivity contribution in [1.82, 2.24) is 10.2 Å². The number of nitrogens with one attached hydrogen (secondary N) is 1.